The summed E-state index contributed by atoms with van der Waals surface area (Å²) in [4.78, 5) is 0. The fourth-order valence-electron chi connectivity index (χ4n) is 5.14. The van der Waals surface area contributed by atoms with Crippen molar-refractivity contribution in [2.45, 2.75) is 127 Å². The number of hydrogen-bond donors (Lipinski definition) is 2. The van der Waals surface area contributed by atoms with Crippen LogP contribution in [0.15, 0.2) is 36.4 Å². The normalized spacial score (nSPS) is 15.5. The minimum atomic E-state index is 0.580. The molecule has 2 aromatic rings. The fourth-order valence-corrected chi connectivity index (χ4v) is 5.14. The maximum atomic E-state index is 5.46. The van der Waals surface area contributed by atoms with E-state index in [4.69, 9.17) is 4.74 Å². The number of fused-ring (bicyclic) bond motifs is 2. The smallest absolute Gasteiger partial charge is 0.142 e. The van der Waals surface area contributed by atoms with Gasteiger partial charge in [0.25, 0.3) is 0 Å². The SMILES string of the molecule is CC(C)(C)C1CCCC1.CCC.CCC.CCc1ccc2c(c1)NCCO2.CCc1cccc2c1CCNC2. The molecule has 0 spiro atoms. The lowest BCUT2D eigenvalue weighted by molar-refractivity contribution is 0.246. The molecule has 3 nitrogen and oxygen atoms in total. The van der Waals surface area contributed by atoms with Gasteiger partial charge in [0.1, 0.15) is 12.4 Å². The molecule has 0 radical (unpaired) electrons. The van der Waals surface area contributed by atoms with Crippen molar-refractivity contribution in [2.75, 3.05) is 25.0 Å². The molecule has 0 saturated heterocycles. The van der Waals surface area contributed by atoms with Gasteiger partial charge in [-0.05, 0) is 84.4 Å². The molecule has 0 bridgehead atoms. The second-order valence-electron chi connectivity index (χ2n) is 12.1. The Balaban J connectivity index is 0.000000268. The Labute approximate surface area is 242 Å². The van der Waals surface area contributed by atoms with E-state index in [1.165, 1.54) is 68.1 Å². The van der Waals surface area contributed by atoms with E-state index in [-0.39, 0.29) is 0 Å². The number of benzene rings is 2. The van der Waals surface area contributed by atoms with Gasteiger partial charge in [-0.15, -0.1) is 0 Å². The van der Waals surface area contributed by atoms with E-state index >= 15 is 0 Å². The van der Waals surface area contributed by atoms with Crippen LogP contribution < -0.4 is 15.4 Å². The van der Waals surface area contributed by atoms with Crippen molar-refractivity contribution in [3.63, 3.8) is 0 Å². The number of ether oxygens (including phenoxy) is 1. The molecule has 0 amide bonds. The third-order valence-corrected chi connectivity index (χ3v) is 7.33. The minimum absolute atomic E-state index is 0.580. The van der Waals surface area contributed by atoms with Gasteiger partial charge in [-0.25, -0.2) is 0 Å². The lowest BCUT2D eigenvalue weighted by Gasteiger charge is -2.26. The number of rotatable bonds is 2. The van der Waals surface area contributed by atoms with Crippen LogP contribution in [0.1, 0.15) is 123 Å². The first-order valence-electron chi connectivity index (χ1n) is 16.0. The van der Waals surface area contributed by atoms with E-state index in [1.807, 2.05) is 6.07 Å². The zero-order valence-corrected chi connectivity index (χ0v) is 27.1. The topological polar surface area (TPSA) is 33.3 Å². The van der Waals surface area contributed by atoms with Crippen LogP contribution in [-0.4, -0.2) is 19.7 Å². The molecule has 39 heavy (non-hydrogen) atoms. The largest absolute Gasteiger partial charge is 0.490 e. The molecule has 1 aliphatic carbocycles. The lowest BCUT2D eigenvalue weighted by Crippen LogP contribution is -2.24. The van der Waals surface area contributed by atoms with Gasteiger partial charge in [-0.2, -0.15) is 0 Å². The summed E-state index contributed by atoms with van der Waals surface area (Å²) in [5, 5.41) is 6.70. The van der Waals surface area contributed by atoms with Crippen molar-refractivity contribution < 1.29 is 4.74 Å². The molecule has 5 rings (SSSR count). The average Bonchev–Trinajstić information content (AvgIpc) is 3.50. The standard InChI is InChI=1S/C11H15N.C10H13NO.C9H18.2C3H8/c1-2-9-4-3-5-10-8-12-7-6-11(9)10;1-2-8-3-4-10-9(7-8)11-5-6-12-10;1-9(2,3)8-6-4-5-7-8;2*1-3-2/h3-5,12H,2,6-8H2,1H3;3-4,7,11H,2,5-6H2,1H3;8H,4-7H2,1-3H3;2*3H2,1-2H3. The van der Waals surface area contributed by atoms with Crippen molar-refractivity contribution in [1.82, 2.24) is 5.32 Å². The summed E-state index contributed by atoms with van der Waals surface area (Å²) in [6, 6.07) is 13.0. The molecule has 2 heterocycles. The first kappa shape index (κ1) is 35.0. The summed E-state index contributed by atoms with van der Waals surface area (Å²) in [5.74, 6) is 2.00. The third kappa shape index (κ3) is 13.3. The van der Waals surface area contributed by atoms with Crippen LogP contribution in [0.4, 0.5) is 5.69 Å². The second kappa shape index (κ2) is 20.0. The molecule has 1 saturated carbocycles. The zero-order chi connectivity index (χ0) is 29.1. The van der Waals surface area contributed by atoms with Crippen LogP contribution in [0, 0.1) is 11.3 Å². The van der Waals surface area contributed by atoms with Crippen LogP contribution in [-0.2, 0) is 25.8 Å². The van der Waals surface area contributed by atoms with Gasteiger partial charge in [-0.3, -0.25) is 0 Å². The molecule has 2 aliphatic heterocycles. The molecule has 0 unspecified atom stereocenters. The molecular weight excluding hydrogens is 476 g/mol. The Morgan fingerprint density at radius 3 is 2.08 bits per heavy atom. The van der Waals surface area contributed by atoms with Crippen molar-refractivity contribution in [1.29, 1.82) is 0 Å². The van der Waals surface area contributed by atoms with E-state index in [9.17, 15) is 0 Å². The Morgan fingerprint density at radius 1 is 0.846 bits per heavy atom. The summed E-state index contributed by atoms with van der Waals surface area (Å²) >= 11 is 0. The molecule has 2 aromatic carbocycles. The molecule has 3 heteroatoms. The van der Waals surface area contributed by atoms with Gasteiger partial charge in [-0.1, -0.05) is 112 Å². The maximum absolute atomic E-state index is 5.46. The minimum Gasteiger partial charge on any atom is -0.490 e. The van der Waals surface area contributed by atoms with Gasteiger partial charge in [0, 0.05) is 13.1 Å². The molecule has 3 aliphatic rings. The maximum Gasteiger partial charge on any atom is 0.142 e. The second-order valence-corrected chi connectivity index (χ2v) is 12.1. The van der Waals surface area contributed by atoms with E-state index in [0.717, 1.165) is 50.0 Å². The lowest BCUT2D eigenvalue weighted by atomic mass is 9.80. The Morgan fingerprint density at radius 2 is 1.51 bits per heavy atom. The molecule has 222 valence electrons. The van der Waals surface area contributed by atoms with E-state index in [0.29, 0.717) is 5.41 Å². The molecule has 2 N–H and O–H groups in total. The van der Waals surface area contributed by atoms with Crippen LogP contribution in [0.3, 0.4) is 0 Å². The first-order chi connectivity index (χ1) is 18.7. The molecule has 0 aromatic heterocycles. The van der Waals surface area contributed by atoms with Crippen molar-refractivity contribution in [2.24, 2.45) is 11.3 Å². The summed E-state index contributed by atoms with van der Waals surface area (Å²) in [6.07, 6.45) is 11.9. The van der Waals surface area contributed by atoms with Crippen LogP contribution in [0.25, 0.3) is 0 Å². The molecule has 0 atom stereocenters. The van der Waals surface area contributed by atoms with Crippen molar-refractivity contribution >= 4 is 5.69 Å². The van der Waals surface area contributed by atoms with E-state index < -0.39 is 0 Å². The first-order valence-corrected chi connectivity index (χ1v) is 16.0. The third-order valence-electron chi connectivity index (χ3n) is 7.33. The van der Waals surface area contributed by atoms with Crippen LogP contribution in [0.2, 0.25) is 0 Å². The van der Waals surface area contributed by atoms with Crippen LogP contribution >= 0.6 is 0 Å². The molecule has 1 fully saturated rings. The summed E-state index contributed by atoms with van der Waals surface area (Å²) in [7, 11) is 0. The molecular formula is C36H62N2O. The highest BCUT2D eigenvalue weighted by molar-refractivity contribution is 5.59. The van der Waals surface area contributed by atoms with Gasteiger partial charge in [0.05, 0.1) is 5.69 Å². The number of nitrogens with one attached hydrogen (secondary N) is 2. The highest BCUT2D eigenvalue weighted by atomic mass is 16.5. The fraction of sp³-hybridized carbons (Fsp3) is 0.667. The summed E-state index contributed by atoms with van der Waals surface area (Å²) in [6.45, 7) is 23.9. The monoisotopic (exact) mass is 538 g/mol. The number of hydrogen-bond acceptors (Lipinski definition) is 3. The summed E-state index contributed by atoms with van der Waals surface area (Å²) < 4.78 is 5.46. The summed E-state index contributed by atoms with van der Waals surface area (Å²) in [5.41, 5.74) is 7.71. The number of anilines is 1. The van der Waals surface area contributed by atoms with Gasteiger partial charge < -0.3 is 15.4 Å². The highest BCUT2D eigenvalue weighted by Gasteiger charge is 2.26. The average molecular weight is 539 g/mol. The Hall–Kier alpha value is -2.00. The van der Waals surface area contributed by atoms with E-state index in [1.54, 1.807) is 5.56 Å². The quantitative estimate of drug-likeness (QED) is 0.399. The highest BCUT2D eigenvalue weighted by Crippen LogP contribution is 2.38. The number of aryl methyl sites for hydroxylation is 2. The van der Waals surface area contributed by atoms with Crippen molar-refractivity contribution in [3.05, 3.63) is 58.7 Å². The Bertz CT molecular complexity index is 875. The predicted octanol–water partition coefficient (Wildman–Crippen LogP) is 10.0. The zero-order valence-electron chi connectivity index (χ0n) is 27.1. The predicted molar refractivity (Wildman–Crippen MR) is 174 cm³/mol. The van der Waals surface area contributed by atoms with Crippen molar-refractivity contribution in [3.8, 4) is 5.75 Å². The van der Waals surface area contributed by atoms with Crippen LogP contribution in [0.5, 0.6) is 5.75 Å². The van der Waals surface area contributed by atoms with E-state index in [2.05, 4.69) is 103 Å². The van der Waals surface area contributed by atoms with Gasteiger partial charge in [0.2, 0.25) is 0 Å². The van der Waals surface area contributed by atoms with Gasteiger partial charge >= 0.3 is 0 Å². The van der Waals surface area contributed by atoms with Gasteiger partial charge in [0.15, 0.2) is 0 Å². The Kier molecular flexibility index (Phi) is 17.9.